The molecular formula is C11H13Cl2NO5S. The van der Waals surface area contributed by atoms with Crippen molar-refractivity contribution in [2.45, 2.75) is 24.3 Å². The lowest BCUT2D eigenvalue weighted by molar-refractivity contribution is 0.0697. The van der Waals surface area contributed by atoms with Crippen molar-refractivity contribution in [1.29, 1.82) is 0 Å². The van der Waals surface area contributed by atoms with Crippen molar-refractivity contribution in [2.24, 2.45) is 0 Å². The van der Waals surface area contributed by atoms with Crippen molar-refractivity contribution >= 4 is 39.2 Å². The molecule has 0 spiro atoms. The average Bonchev–Trinajstić information content (AvgIpc) is 2.35. The largest absolute Gasteiger partial charge is 0.478 e. The average molecular weight is 342 g/mol. The van der Waals surface area contributed by atoms with Gasteiger partial charge in [-0.25, -0.2) is 17.9 Å². The molecule has 6 nitrogen and oxygen atoms in total. The van der Waals surface area contributed by atoms with E-state index in [4.69, 9.17) is 33.4 Å². The number of halogens is 2. The van der Waals surface area contributed by atoms with Gasteiger partial charge in [0.2, 0.25) is 10.0 Å². The van der Waals surface area contributed by atoms with Gasteiger partial charge in [-0.15, -0.1) is 0 Å². The van der Waals surface area contributed by atoms with E-state index in [1.54, 1.807) is 6.92 Å². The molecule has 3 N–H and O–H groups in total. The first-order valence-electron chi connectivity index (χ1n) is 5.59. The van der Waals surface area contributed by atoms with Crippen molar-refractivity contribution in [3.63, 3.8) is 0 Å². The molecule has 0 aromatic heterocycles. The van der Waals surface area contributed by atoms with E-state index in [2.05, 4.69) is 4.72 Å². The van der Waals surface area contributed by atoms with Crippen molar-refractivity contribution in [3.05, 3.63) is 27.7 Å². The number of carbonyl (C=O) groups is 1. The lowest BCUT2D eigenvalue weighted by Crippen LogP contribution is -2.37. The normalized spacial score (nSPS) is 13.2. The molecule has 1 aromatic carbocycles. The smallest absolute Gasteiger partial charge is 0.338 e. The van der Waals surface area contributed by atoms with Crippen molar-refractivity contribution < 1.29 is 23.4 Å². The van der Waals surface area contributed by atoms with E-state index < -0.39 is 37.5 Å². The van der Waals surface area contributed by atoms with E-state index in [0.29, 0.717) is 6.42 Å². The van der Waals surface area contributed by atoms with Gasteiger partial charge in [-0.05, 0) is 18.6 Å². The maximum absolute atomic E-state index is 12.1. The van der Waals surface area contributed by atoms with Crippen molar-refractivity contribution in [2.75, 3.05) is 6.61 Å². The van der Waals surface area contributed by atoms with Crippen molar-refractivity contribution in [3.8, 4) is 0 Å². The third-order valence-corrected chi connectivity index (χ3v) is 4.98. The highest BCUT2D eigenvalue weighted by molar-refractivity contribution is 7.89. The summed E-state index contributed by atoms with van der Waals surface area (Å²) in [4.78, 5) is 10.6. The first-order valence-corrected chi connectivity index (χ1v) is 7.83. The quantitative estimate of drug-likeness (QED) is 0.731. The standard InChI is InChI=1S/C11H13Cl2NO5S/c1-2-6(5-15)14-20(18,19)8-4-3-7(12)9(10(8)13)11(16)17/h3-4,6,14-15H,2,5H2,1H3,(H,16,17)/t6-/m0/s1. The predicted molar refractivity (Wildman–Crippen MR) is 74.9 cm³/mol. The van der Waals surface area contributed by atoms with Gasteiger partial charge in [0.1, 0.15) is 4.90 Å². The van der Waals surface area contributed by atoms with Crippen LogP contribution in [-0.4, -0.2) is 37.2 Å². The Morgan fingerprint density at radius 1 is 1.40 bits per heavy atom. The predicted octanol–water partition coefficient (Wildman–Crippen LogP) is 1.74. The molecule has 112 valence electrons. The molecule has 1 aromatic rings. The van der Waals surface area contributed by atoms with Crippen LogP contribution in [0.2, 0.25) is 10.0 Å². The summed E-state index contributed by atoms with van der Waals surface area (Å²) in [5.41, 5.74) is -0.478. The summed E-state index contributed by atoms with van der Waals surface area (Å²) in [6, 6.07) is 1.58. The SMILES string of the molecule is CC[C@@H](CO)NS(=O)(=O)c1ccc(Cl)c(C(=O)O)c1Cl. The molecule has 20 heavy (non-hydrogen) atoms. The summed E-state index contributed by atoms with van der Waals surface area (Å²) < 4.78 is 26.5. The van der Waals surface area contributed by atoms with Gasteiger partial charge in [0, 0.05) is 6.04 Å². The minimum absolute atomic E-state index is 0.157. The van der Waals surface area contributed by atoms with Crippen LogP contribution in [0.15, 0.2) is 17.0 Å². The molecule has 0 aliphatic rings. The summed E-state index contributed by atoms with van der Waals surface area (Å²) >= 11 is 11.5. The molecule has 0 fully saturated rings. The van der Waals surface area contributed by atoms with Crippen molar-refractivity contribution in [1.82, 2.24) is 4.72 Å². The first kappa shape index (κ1) is 17.2. The Morgan fingerprint density at radius 3 is 2.45 bits per heavy atom. The highest BCUT2D eigenvalue weighted by Gasteiger charge is 2.26. The summed E-state index contributed by atoms with van der Waals surface area (Å²) in [5.74, 6) is -1.42. The Hall–Kier alpha value is -0.860. The summed E-state index contributed by atoms with van der Waals surface area (Å²) in [6.45, 7) is 1.31. The molecule has 0 unspecified atom stereocenters. The zero-order chi connectivity index (χ0) is 15.5. The maximum atomic E-state index is 12.1. The van der Waals surface area contributed by atoms with Gasteiger partial charge in [-0.3, -0.25) is 0 Å². The fraction of sp³-hybridized carbons (Fsp3) is 0.364. The lowest BCUT2D eigenvalue weighted by atomic mass is 10.2. The number of aliphatic hydroxyl groups is 1. The Kier molecular flexibility index (Phi) is 5.79. The molecular weight excluding hydrogens is 329 g/mol. The Balaban J connectivity index is 3.33. The number of aromatic carboxylic acids is 1. The summed E-state index contributed by atoms with van der Waals surface area (Å²) in [5, 5.41) is 17.4. The maximum Gasteiger partial charge on any atom is 0.338 e. The number of hydrogen-bond acceptors (Lipinski definition) is 4. The van der Waals surface area contributed by atoms with Crippen LogP contribution < -0.4 is 4.72 Å². The van der Waals surface area contributed by atoms with E-state index in [0.717, 1.165) is 12.1 Å². The van der Waals surface area contributed by atoms with Crippen LogP contribution in [0.1, 0.15) is 23.7 Å². The van der Waals surface area contributed by atoms with E-state index in [1.165, 1.54) is 0 Å². The molecule has 0 saturated heterocycles. The van der Waals surface area contributed by atoms with E-state index >= 15 is 0 Å². The minimum atomic E-state index is -4.05. The minimum Gasteiger partial charge on any atom is -0.478 e. The molecule has 0 saturated carbocycles. The second kappa shape index (κ2) is 6.73. The third-order valence-electron chi connectivity index (χ3n) is 2.59. The van der Waals surface area contributed by atoms with Crippen LogP contribution in [-0.2, 0) is 10.0 Å². The second-order valence-corrected chi connectivity index (χ2v) is 6.42. The summed E-state index contributed by atoms with van der Waals surface area (Å²) in [7, 11) is -4.05. The Morgan fingerprint density at radius 2 is 2.00 bits per heavy atom. The number of carboxylic acids is 1. The zero-order valence-electron chi connectivity index (χ0n) is 10.4. The molecule has 9 heteroatoms. The molecule has 0 amide bonds. The number of aliphatic hydroxyl groups excluding tert-OH is 1. The van der Waals surface area contributed by atoms with Crippen LogP contribution in [0, 0.1) is 0 Å². The number of benzene rings is 1. The van der Waals surface area contributed by atoms with E-state index in [9.17, 15) is 13.2 Å². The van der Waals surface area contributed by atoms with Crippen LogP contribution in [0.5, 0.6) is 0 Å². The molecule has 0 heterocycles. The van der Waals surface area contributed by atoms with Gasteiger partial charge in [0.25, 0.3) is 0 Å². The van der Waals surface area contributed by atoms with Gasteiger partial charge >= 0.3 is 5.97 Å². The highest BCUT2D eigenvalue weighted by atomic mass is 35.5. The molecule has 1 rings (SSSR count). The molecule has 1 atom stereocenters. The van der Waals surface area contributed by atoms with Crippen LogP contribution in [0.4, 0.5) is 0 Å². The molecule has 0 bridgehead atoms. The van der Waals surface area contributed by atoms with Gasteiger partial charge < -0.3 is 10.2 Å². The third kappa shape index (κ3) is 3.62. The van der Waals surface area contributed by atoms with Gasteiger partial charge in [-0.1, -0.05) is 30.1 Å². The van der Waals surface area contributed by atoms with Gasteiger partial charge in [0.05, 0.1) is 22.2 Å². The Labute approximate surface area is 126 Å². The second-order valence-electron chi connectivity index (χ2n) is 3.95. The van der Waals surface area contributed by atoms with Crippen LogP contribution in [0.25, 0.3) is 0 Å². The van der Waals surface area contributed by atoms with Gasteiger partial charge in [0.15, 0.2) is 0 Å². The van der Waals surface area contributed by atoms with Crippen LogP contribution >= 0.6 is 23.2 Å². The van der Waals surface area contributed by atoms with E-state index in [-0.39, 0.29) is 11.6 Å². The number of carboxylic acid groups (broad SMARTS) is 1. The molecule has 0 aliphatic heterocycles. The number of rotatable bonds is 6. The summed E-state index contributed by atoms with van der Waals surface area (Å²) in [6.07, 6.45) is 0.368. The monoisotopic (exact) mass is 341 g/mol. The van der Waals surface area contributed by atoms with Crippen LogP contribution in [0.3, 0.4) is 0 Å². The molecule has 0 aliphatic carbocycles. The molecule has 0 radical (unpaired) electrons. The number of nitrogens with one attached hydrogen (secondary N) is 1. The highest BCUT2D eigenvalue weighted by Crippen LogP contribution is 2.31. The number of sulfonamides is 1. The number of hydrogen-bond donors (Lipinski definition) is 3. The topological polar surface area (TPSA) is 104 Å². The fourth-order valence-corrected chi connectivity index (χ4v) is 3.70. The Bertz CT molecular complexity index is 613. The van der Waals surface area contributed by atoms with E-state index in [1.807, 2.05) is 0 Å². The lowest BCUT2D eigenvalue weighted by Gasteiger charge is -2.16. The fourth-order valence-electron chi connectivity index (χ4n) is 1.47. The first-order chi connectivity index (χ1) is 9.24. The van der Waals surface area contributed by atoms with Gasteiger partial charge in [-0.2, -0.15) is 0 Å². The zero-order valence-corrected chi connectivity index (χ0v) is 12.8.